The molecule has 5 rings (SSSR count). The number of rotatable bonds is 5. The van der Waals surface area contributed by atoms with Crippen molar-refractivity contribution in [3.05, 3.63) is 79.9 Å². The fourth-order valence-electron chi connectivity index (χ4n) is 3.01. The Kier molecular flexibility index (Phi) is 4.17. The Morgan fingerprint density at radius 2 is 2.10 bits per heavy atom. The molecular formula is C18H11N7O4S. The maximum atomic E-state index is 12.9. The molecule has 0 unspecified atom stereocenters. The minimum absolute atomic E-state index is 0.0616. The normalized spacial score (nSPS) is 11.2. The van der Waals surface area contributed by atoms with Crippen molar-refractivity contribution in [3.8, 4) is 17.1 Å². The number of hydrogen-bond donors (Lipinski definition) is 0. The molecule has 11 nitrogen and oxygen atoms in total. The topological polar surface area (TPSA) is 135 Å². The van der Waals surface area contributed by atoms with Crippen molar-refractivity contribution in [3.63, 3.8) is 0 Å². The Balaban J connectivity index is 1.52. The van der Waals surface area contributed by atoms with E-state index in [1.165, 1.54) is 39.2 Å². The molecule has 0 bridgehead atoms. The minimum atomic E-state index is -0.509. The molecule has 0 amide bonds. The second-order valence-corrected chi connectivity index (χ2v) is 7.02. The van der Waals surface area contributed by atoms with Gasteiger partial charge in [0.2, 0.25) is 0 Å². The molecular weight excluding hydrogens is 410 g/mol. The molecule has 0 fully saturated rings. The van der Waals surface area contributed by atoms with Gasteiger partial charge in [0.1, 0.15) is 17.4 Å². The summed E-state index contributed by atoms with van der Waals surface area (Å²) in [5, 5.41) is 23.4. The number of benzene rings is 1. The van der Waals surface area contributed by atoms with Crippen molar-refractivity contribution < 1.29 is 9.45 Å². The SMILES string of the molecule is O=c1c2cnn(-c3ccccc3[N+](=O)[O-])c2ncn1Cc1noc(-c2ccsc2)n1. The van der Waals surface area contributed by atoms with E-state index in [4.69, 9.17) is 4.52 Å². The molecule has 1 aromatic carbocycles. The van der Waals surface area contributed by atoms with E-state index in [2.05, 4.69) is 20.2 Å². The van der Waals surface area contributed by atoms with Crippen LogP contribution in [0.3, 0.4) is 0 Å². The molecule has 0 radical (unpaired) electrons. The zero-order valence-electron chi connectivity index (χ0n) is 15.1. The van der Waals surface area contributed by atoms with Crippen LogP contribution in [0.2, 0.25) is 0 Å². The van der Waals surface area contributed by atoms with E-state index < -0.39 is 4.92 Å². The summed E-state index contributed by atoms with van der Waals surface area (Å²) in [5.41, 5.74) is 0.747. The molecule has 4 heterocycles. The van der Waals surface area contributed by atoms with Crippen LogP contribution >= 0.6 is 11.3 Å². The van der Waals surface area contributed by atoms with Crippen LogP contribution in [0.15, 0.2) is 62.9 Å². The molecule has 0 N–H and O–H groups in total. The lowest BCUT2D eigenvalue weighted by Gasteiger charge is -2.05. The second-order valence-electron chi connectivity index (χ2n) is 6.24. The lowest BCUT2D eigenvalue weighted by Crippen LogP contribution is -2.21. The highest BCUT2D eigenvalue weighted by atomic mass is 32.1. The van der Waals surface area contributed by atoms with Crippen molar-refractivity contribution in [1.82, 2.24) is 29.5 Å². The Morgan fingerprint density at radius 3 is 2.90 bits per heavy atom. The predicted molar refractivity (Wildman–Crippen MR) is 106 cm³/mol. The van der Waals surface area contributed by atoms with E-state index in [9.17, 15) is 14.9 Å². The zero-order valence-corrected chi connectivity index (χ0v) is 15.9. The van der Waals surface area contributed by atoms with E-state index in [1.807, 2.05) is 16.8 Å². The van der Waals surface area contributed by atoms with Crippen molar-refractivity contribution >= 4 is 28.1 Å². The first-order valence-electron chi connectivity index (χ1n) is 8.64. The molecule has 30 heavy (non-hydrogen) atoms. The quantitative estimate of drug-likeness (QED) is 0.312. The highest BCUT2D eigenvalue weighted by molar-refractivity contribution is 7.08. The van der Waals surface area contributed by atoms with Crippen LogP contribution in [0.25, 0.3) is 28.2 Å². The highest BCUT2D eigenvalue weighted by Gasteiger charge is 2.19. The van der Waals surface area contributed by atoms with E-state index in [-0.39, 0.29) is 34.5 Å². The lowest BCUT2D eigenvalue weighted by atomic mass is 10.2. The van der Waals surface area contributed by atoms with Crippen LogP contribution in [-0.2, 0) is 6.54 Å². The number of aromatic nitrogens is 6. The Bertz CT molecular complexity index is 1430. The van der Waals surface area contributed by atoms with Gasteiger partial charge in [0, 0.05) is 11.4 Å². The summed E-state index contributed by atoms with van der Waals surface area (Å²) in [7, 11) is 0. The number of hydrogen-bond acceptors (Lipinski definition) is 9. The van der Waals surface area contributed by atoms with Crippen molar-refractivity contribution in [2.45, 2.75) is 6.54 Å². The standard InChI is InChI=1S/C18H11N7O4S/c26-18-12-7-20-24(13-3-1-2-4-14(13)25(27)28)16(12)19-10-23(18)8-15-21-17(29-22-15)11-5-6-30-9-11/h1-7,9-10H,8H2. The number of para-hydroxylation sites is 2. The van der Waals surface area contributed by atoms with Gasteiger partial charge in [-0.05, 0) is 17.5 Å². The molecule has 0 aliphatic heterocycles. The molecule has 0 aliphatic rings. The predicted octanol–water partition coefficient (Wildman–Crippen LogP) is 2.65. The molecule has 148 valence electrons. The van der Waals surface area contributed by atoms with E-state index in [0.29, 0.717) is 11.7 Å². The average Bonchev–Trinajstić information content (AvgIpc) is 3.50. The van der Waals surface area contributed by atoms with Gasteiger partial charge in [0.15, 0.2) is 11.5 Å². The lowest BCUT2D eigenvalue weighted by molar-refractivity contribution is -0.384. The molecule has 0 aliphatic carbocycles. The van der Waals surface area contributed by atoms with E-state index in [0.717, 1.165) is 5.56 Å². The summed E-state index contributed by atoms with van der Waals surface area (Å²) in [5.74, 6) is 0.697. The number of nitro groups is 1. The van der Waals surface area contributed by atoms with E-state index in [1.54, 1.807) is 18.2 Å². The number of nitro benzene ring substituents is 1. The molecule has 0 atom stereocenters. The summed E-state index contributed by atoms with van der Waals surface area (Å²) in [6.45, 7) is 0.0616. The largest absolute Gasteiger partial charge is 0.334 e. The number of fused-ring (bicyclic) bond motifs is 1. The van der Waals surface area contributed by atoms with Gasteiger partial charge in [-0.1, -0.05) is 17.3 Å². The Hall–Kier alpha value is -4.19. The van der Waals surface area contributed by atoms with Gasteiger partial charge in [0.05, 0.1) is 23.2 Å². The Morgan fingerprint density at radius 1 is 1.23 bits per heavy atom. The van der Waals surface area contributed by atoms with Gasteiger partial charge in [-0.25, -0.2) is 9.67 Å². The second kappa shape index (κ2) is 7.00. The molecule has 0 saturated heterocycles. The van der Waals surface area contributed by atoms with Gasteiger partial charge >= 0.3 is 0 Å². The third-order valence-electron chi connectivity index (χ3n) is 4.41. The fourth-order valence-corrected chi connectivity index (χ4v) is 3.64. The van der Waals surface area contributed by atoms with Gasteiger partial charge in [0.25, 0.3) is 17.1 Å². The van der Waals surface area contributed by atoms with E-state index >= 15 is 0 Å². The van der Waals surface area contributed by atoms with Crippen LogP contribution in [0.1, 0.15) is 5.82 Å². The monoisotopic (exact) mass is 421 g/mol. The fraction of sp³-hybridized carbons (Fsp3) is 0.0556. The molecule has 0 saturated carbocycles. The summed E-state index contributed by atoms with van der Waals surface area (Å²) in [6, 6.07) is 7.98. The maximum absolute atomic E-state index is 12.9. The summed E-state index contributed by atoms with van der Waals surface area (Å²) < 4.78 is 7.84. The summed E-state index contributed by atoms with van der Waals surface area (Å²) >= 11 is 1.51. The third kappa shape index (κ3) is 2.95. The molecule has 5 aromatic rings. The smallest absolute Gasteiger partial charge is 0.294 e. The molecule has 12 heteroatoms. The minimum Gasteiger partial charge on any atom is -0.334 e. The third-order valence-corrected chi connectivity index (χ3v) is 5.09. The van der Waals surface area contributed by atoms with Crippen molar-refractivity contribution in [2.24, 2.45) is 0 Å². The number of thiophene rings is 1. The summed E-state index contributed by atoms with van der Waals surface area (Å²) in [4.78, 5) is 32.3. The van der Waals surface area contributed by atoms with Crippen LogP contribution < -0.4 is 5.56 Å². The van der Waals surface area contributed by atoms with Gasteiger partial charge in [-0.2, -0.15) is 21.4 Å². The van der Waals surface area contributed by atoms with Gasteiger partial charge < -0.3 is 4.52 Å². The van der Waals surface area contributed by atoms with Crippen LogP contribution in [0, 0.1) is 10.1 Å². The highest BCUT2D eigenvalue weighted by Crippen LogP contribution is 2.24. The zero-order chi connectivity index (χ0) is 20.7. The van der Waals surface area contributed by atoms with Crippen molar-refractivity contribution in [1.29, 1.82) is 0 Å². The number of nitrogens with zero attached hydrogens (tertiary/aromatic N) is 7. The van der Waals surface area contributed by atoms with Crippen LogP contribution in [0.5, 0.6) is 0 Å². The van der Waals surface area contributed by atoms with Crippen LogP contribution in [-0.4, -0.2) is 34.4 Å². The molecule has 0 spiro atoms. The molecule has 4 aromatic heterocycles. The first kappa shape index (κ1) is 17.9. The first-order valence-corrected chi connectivity index (χ1v) is 9.58. The average molecular weight is 421 g/mol. The van der Waals surface area contributed by atoms with Gasteiger partial charge in [-0.15, -0.1) is 0 Å². The summed E-state index contributed by atoms with van der Waals surface area (Å²) in [6.07, 6.45) is 2.67. The van der Waals surface area contributed by atoms with Crippen molar-refractivity contribution in [2.75, 3.05) is 0 Å². The first-order chi connectivity index (χ1) is 14.6. The van der Waals surface area contributed by atoms with Gasteiger partial charge in [-0.3, -0.25) is 19.5 Å². The Labute approximate surface area is 171 Å². The maximum Gasteiger partial charge on any atom is 0.294 e. The van der Waals surface area contributed by atoms with Crippen LogP contribution in [0.4, 0.5) is 5.69 Å².